The molecule has 1 rings (SSSR count). The van der Waals surface area contributed by atoms with Gasteiger partial charge in [0.2, 0.25) is 0 Å². The summed E-state index contributed by atoms with van der Waals surface area (Å²) in [5.74, 6) is 0. The second-order valence-corrected chi connectivity index (χ2v) is 2.68. The van der Waals surface area contributed by atoms with Crippen molar-refractivity contribution >= 4 is 0 Å². The van der Waals surface area contributed by atoms with Crippen LogP contribution in [0.15, 0.2) is 0 Å². The van der Waals surface area contributed by atoms with E-state index < -0.39 is 0 Å². The number of hydrogen-bond donors (Lipinski definition) is 1. The van der Waals surface area contributed by atoms with E-state index >= 15 is 0 Å². The van der Waals surface area contributed by atoms with Crippen molar-refractivity contribution in [1.82, 2.24) is 4.90 Å². The molecular weight excluding hydrogens is 126 g/mol. The summed E-state index contributed by atoms with van der Waals surface area (Å²) in [5.41, 5.74) is 0. The van der Waals surface area contributed by atoms with Crippen LogP contribution in [-0.2, 0) is 0 Å². The number of aliphatic hydroxyl groups excluding tert-OH is 1. The molecule has 0 aliphatic carbocycles. The van der Waals surface area contributed by atoms with E-state index in [4.69, 9.17) is 5.11 Å². The molecule has 1 aliphatic heterocycles. The van der Waals surface area contributed by atoms with E-state index in [9.17, 15) is 0 Å². The van der Waals surface area contributed by atoms with Gasteiger partial charge in [-0.25, -0.2) is 0 Å². The number of rotatable bonds is 0. The number of piperidine rings is 1. The van der Waals surface area contributed by atoms with Gasteiger partial charge in [-0.2, -0.15) is 0 Å². The maximum atomic E-state index is 7.57. The smallest absolute Gasteiger partial charge is 0.0402 e. The monoisotopic (exact) mass is 145 g/mol. The highest BCUT2D eigenvalue weighted by Gasteiger charge is 2.02. The maximum absolute atomic E-state index is 7.57. The quantitative estimate of drug-likeness (QED) is 0.552. The van der Waals surface area contributed by atoms with Gasteiger partial charge in [0.05, 0.1) is 0 Å². The van der Waals surface area contributed by atoms with Gasteiger partial charge in [0.1, 0.15) is 0 Å². The minimum atomic E-state index is 0.250. The van der Waals surface area contributed by atoms with Crippen LogP contribution < -0.4 is 0 Å². The molecule has 0 spiro atoms. The summed E-state index contributed by atoms with van der Waals surface area (Å²) in [5, 5.41) is 7.57. The second kappa shape index (κ2) is 7.03. The lowest BCUT2D eigenvalue weighted by Crippen LogP contribution is -2.24. The van der Waals surface area contributed by atoms with Crippen molar-refractivity contribution in [3.8, 4) is 0 Å². The third-order valence-electron chi connectivity index (χ3n) is 1.58. The summed E-state index contributed by atoms with van der Waals surface area (Å²) in [7, 11) is 2.19. The number of nitrogens with zero attached hydrogens (tertiary/aromatic N) is 1. The summed E-state index contributed by atoms with van der Waals surface area (Å²) >= 11 is 0. The van der Waals surface area contributed by atoms with Gasteiger partial charge in [0.15, 0.2) is 0 Å². The first kappa shape index (κ1) is 9.92. The number of likely N-dealkylation sites (tertiary alicyclic amines) is 1. The highest BCUT2D eigenvalue weighted by Crippen LogP contribution is 2.04. The Kier molecular flexibility index (Phi) is 6.98. The molecular formula is C8H19NO. The van der Waals surface area contributed by atoms with Crippen LogP contribution in [0.25, 0.3) is 0 Å². The normalized spacial score (nSPS) is 19.5. The zero-order chi connectivity index (χ0) is 7.82. The summed E-state index contributed by atoms with van der Waals surface area (Å²) in [6.07, 6.45) is 4.28. The molecule has 1 fully saturated rings. The Bertz CT molecular complexity index is 60.3. The van der Waals surface area contributed by atoms with E-state index in [0.29, 0.717) is 0 Å². The minimum absolute atomic E-state index is 0.250. The Balaban J connectivity index is 0.000000236. The van der Waals surface area contributed by atoms with Gasteiger partial charge in [-0.1, -0.05) is 6.42 Å². The molecule has 0 unspecified atom stereocenters. The van der Waals surface area contributed by atoms with E-state index in [1.165, 1.54) is 32.4 Å². The minimum Gasteiger partial charge on any atom is -0.397 e. The molecule has 0 aromatic heterocycles. The van der Waals surface area contributed by atoms with Crippen molar-refractivity contribution in [2.75, 3.05) is 26.7 Å². The van der Waals surface area contributed by atoms with Gasteiger partial charge >= 0.3 is 0 Å². The largest absolute Gasteiger partial charge is 0.397 e. The molecule has 1 heterocycles. The molecule has 2 heteroatoms. The molecule has 10 heavy (non-hydrogen) atoms. The van der Waals surface area contributed by atoms with E-state index in [1.807, 2.05) is 0 Å². The zero-order valence-corrected chi connectivity index (χ0v) is 7.14. The SMILES string of the molecule is CCO.CN1CCCCC1. The van der Waals surface area contributed by atoms with Crippen LogP contribution in [0.1, 0.15) is 26.2 Å². The van der Waals surface area contributed by atoms with Crippen molar-refractivity contribution < 1.29 is 5.11 Å². The highest BCUT2D eigenvalue weighted by atomic mass is 16.2. The van der Waals surface area contributed by atoms with E-state index in [1.54, 1.807) is 6.92 Å². The van der Waals surface area contributed by atoms with Crippen LogP contribution in [0.5, 0.6) is 0 Å². The predicted octanol–water partition coefficient (Wildman–Crippen LogP) is 1.10. The molecule has 2 nitrogen and oxygen atoms in total. The lowest BCUT2D eigenvalue weighted by atomic mass is 10.1. The first-order valence-electron chi connectivity index (χ1n) is 4.10. The number of aliphatic hydroxyl groups is 1. The lowest BCUT2D eigenvalue weighted by molar-refractivity contribution is 0.277. The Labute approximate surface area is 63.8 Å². The first-order valence-corrected chi connectivity index (χ1v) is 4.10. The molecule has 1 aliphatic rings. The first-order chi connectivity index (χ1) is 4.81. The Hall–Kier alpha value is -0.0800. The molecule has 0 aromatic rings. The lowest BCUT2D eigenvalue weighted by Gasteiger charge is -2.20. The topological polar surface area (TPSA) is 23.5 Å². The predicted molar refractivity (Wildman–Crippen MR) is 44.1 cm³/mol. The Morgan fingerprint density at radius 1 is 1.20 bits per heavy atom. The second-order valence-electron chi connectivity index (χ2n) is 2.68. The van der Waals surface area contributed by atoms with Crippen molar-refractivity contribution in [2.45, 2.75) is 26.2 Å². The van der Waals surface area contributed by atoms with Crippen molar-refractivity contribution in [3.05, 3.63) is 0 Å². The summed E-state index contributed by atoms with van der Waals surface area (Å²) in [6.45, 7) is 4.57. The maximum Gasteiger partial charge on any atom is 0.0402 e. The van der Waals surface area contributed by atoms with Gasteiger partial charge < -0.3 is 10.0 Å². The molecule has 0 saturated carbocycles. The Morgan fingerprint density at radius 2 is 1.60 bits per heavy atom. The van der Waals surface area contributed by atoms with Crippen molar-refractivity contribution in [3.63, 3.8) is 0 Å². The van der Waals surface area contributed by atoms with E-state index in [2.05, 4.69) is 11.9 Å². The fourth-order valence-corrected chi connectivity index (χ4v) is 1.05. The number of hydrogen-bond acceptors (Lipinski definition) is 2. The van der Waals surface area contributed by atoms with Crippen LogP contribution in [0.4, 0.5) is 0 Å². The molecule has 0 aromatic carbocycles. The summed E-state index contributed by atoms with van der Waals surface area (Å²) in [4.78, 5) is 2.39. The van der Waals surface area contributed by atoms with E-state index in [0.717, 1.165) is 0 Å². The summed E-state index contributed by atoms with van der Waals surface area (Å²) in [6, 6.07) is 0. The third kappa shape index (κ3) is 6.05. The van der Waals surface area contributed by atoms with Gasteiger partial charge in [-0.3, -0.25) is 0 Å². The standard InChI is InChI=1S/C6H13N.C2H6O/c1-7-5-3-2-4-6-7;1-2-3/h2-6H2,1H3;3H,2H2,1H3. The molecule has 0 atom stereocenters. The highest BCUT2D eigenvalue weighted by molar-refractivity contribution is 4.58. The molecule has 1 N–H and O–H groups in total. The molecule has 0 radical (unpaired) electrons. The fourth-order valence-electron chi connectivity index (χ4n) is 1.05. The van der Waals surface area contributed by atoms with E-state index in [-0.39, 0.29) is 6.61 Å². The van der Waals surface area contributed by atoms with Gasteiger partial charge in [0, 0.05) is 6.61 Å². The van der Waals surface area contributed by atoms with Gasteiger partial charge in [-0.15, -0.1) is 0 Å². The third-order valence-corrected chi connectivity index (χ3v) is 1.58. The molecule has 0 amide bonds. The van der Waals surface area contributed by atoms with Crippen LogP contribution in [0.3, 0.4) is 0 Å². The average molecular weight is 145 g/mol. The van der Waals surface area contributed by atoms with Gasteiger partial charge in [0.25, 0.3) is 0 Å². The van der Waals surface area contributed by atoms with Gasteiger partial charge in [-0.05, 0) is 39.9 Å². The zero-order valence-electron chi connectivity index (χ0n) is 7.14. The average Bonchev–Trinajstić information content (AvgIpc) is 1.91. The van der Waals surface area contributed by atoms with Crippen LogP contribution >= 0.6 is 0 Å². The van der Waals surface area contributed by atoms with Crippen LogP contribution in [0.2, 0.25) is 0 Å². The molecule has 62 valence electrons. The van der Waals surface area contributed by atoms with Crippen LogP contribution in [-0.4, -0.2) is 36.8 Å². The fraction of sp³-hybridized carbons (Fsp3) is 1.00. The van der Waals surface area contributed by atoms with Crippen LogP contribution in [0, 0.1) is 0 Å². The Morgan fingerprint density at radius 3 is 1.80 bits per heavy atom. The van der Waals surface area contributed by atoms with Crippen molar-refractivity contribution in [1.29, 1.82) is 0 Å². The molecule has 0 bridgehead atoms. The summed E-state index contributed by atoms with van der Waals surface area (Å²) < 4.78 is 0. The van der Waals surface area contributed by atoms with Crippen molar-refractivity contribution in [2.24, 2.45) is 0 Å². The molecule has 1 saturated heterocycles.